The van der Waals surface area contributed by atoms with Gasteiger partial charge < -0.3 is 47.4 Å². The highest BCUT2D eigenvalue weighted by Gasteiger charge is 2.46. The van der Waals surface area contributed by atoms with E-state index in [4.69, 9.17) is 47.4 Å². The van der Waals surface area contributed by atoms with Crippen molar-refractivity contribution in [1.82, 2.24) is 0 Å². The molecular weight excluding hydrogens is 576 g/mol. The van der Waals surface area contributed by atoms with Crippen LogP contribution >= 0.6 is 0 Å². The minimum absolute atomic E-state index is 0.000130. The highest BCUT2D eigenvalue weighted by molar-refractivity contribution is 5.99. The largest absolute Gasteiger partial charge is 0.432 e. The van der Waals surface area contributed by atoms with Crippen LogP contribution in [0.3, 0.4) is 0 Å². The molecule has 2 aliphatic heterocycles. The number of carbonyl (C=O) groups excluding carboxylic acids is 2. The van der Waals surface area contributed by atoms with E-state index in [1.165, 1.54) is 38.5 Å². The van der Waals surface area contributed by atoms with Crippen molar-refractivity contribution in [3.8, 4) is 0 Å². The molecule has 2 saturated heterocycles. The van der Waals surface area contributed by atoms with Crippen LogP contribution in [0.2, 0.25) is 0 Å². The van der Waals surface area contributed by atoms with Crippen LogP contribution in [0, 0.1) is 5.41 Å². The highest BCUT2D eigenvalue weighted by atomic mass is 16.7. The van der Waals surface area contributed by atoms with E-state index in [0.29, 0.717) is 72.5 Å². The molecule has 2 atom stereocenters. The van der Waals surface area contributed by atoms with Crippen LogP contribution in [0.5, 0.6) is 0 Å². The van der Waals surface area contributed by atoms with Gasteiger partial charge in [-0.05, 0) is 13.3 Å². The molecule has 2 rings (SSSR count). The molecule has 2 heterocycles. The van der Waals surface area contributed by atoms with E-state index in [-0.39, 0.29) is 32.8 Å². The molecule has 2 fully saturated rings. The van der Waals surface area contributed by atoms with Crippen LogP contribution in [-0.4, -0.2) is 117 Å². The molecule has 0 bridgehead atoms. The first-order valence-corrected chi connectivity index (χ1v) is 16.7. The summed E-state index contributed by atoms with van der Waals surface area (Å²) in [6.07, 6.45) is 9.54. The van der Waals surface area contributed by atoms with Crippen molar-refractivity contribution < 1.29 is 57.0 Å². The highest BCUT2D eigenvalue weighted by Crippen LogP contribution is 2.30. The van der Waals surface area contributed by atoms with Gasteiger partial charge in [-0.3, -0.25) is 9.59 Å². The molecule has 2 aliphatic rings. The average Bonchev–Trinajstić information content (AvgIpc) is 3.00. The predicted molar refractivity (Wildman–Crippen MR) is 161 cm³/mol. The number of hydrogen-bond acceptors (Lipinski definition) is 12. The van der Waals surface area contributed by atoms with Crippen molar-refractivity contribution in [2.75, 3.05) is 92.5 Å². The van der Waals surface area contributed by atoms with Crippen LogP contribution in [0.15, 0.2) is 0 Å². The van der Waals surface area contributed by atoms with E-state index < -0.39 is 29.9 Å². The second-order valence-electron chi connectivity index (χ2n) is 11.3. The van der Waals surface area contributed by atoms with Crippen molar-refractivity contribution in [3.63, 3.8) is 0 Å². The van der Waals surface area contributed by atoms with Gasteiger partial charge in [-0.1, -0.05) is 71.1 Å². The monoisotopic (exact) mass is 634 g/mol. The molecule has 0 spiro atoms. The first-order valence-electron chi connectivity index (χ1n) is 16.7. The summed E-state index contributed by atoms with van der Waals surface area (Å²) in [5.74, 6) is -1.47. The topological polar surface area (TPSA) is 126 Å². The predicted octanol–water partition coefficient (Wildman–Crippen LogP) is 4.20. The lowest BCUT2D eigenvalue weighted by Crippen LogP contribution is -2.44. The summed E-state index contributed by atoms with van der Waals surface area (Å²) < 4.78 is 56.0. The second kappa shape index (κ2) is 25.8. The maximum Gasteiger partial charge on any atom is 0.325 e. The molecule has 0 aliphatic carbocycles. The van der Waals surface area contributed by atoms with E-state index in [1.807, 2.05) is 0 Å². The molecule has 0 amide bonds. The van der Waals surface area contributed by atoms with Gasteiger partial charge in [0.2, 0.25) is 12.6 Å². The molecule has 0 radical (unpaired) electrons. The Morgan fingerprint density at radius 3 is 1.27 bits per heavy atom. The van der Waals surface area contributed by atoms with E-state index >= 15 is 0 Å². The normalized spacial score (nSPS) is 23.5. The SMILES string of the molecule is CCCCCCCCCCCCC(C)(C(=O)OC1COCCOCCOCCO1)C(=O)OC1COCCOCCOCCO1. The van der Waals surface area contributed by atoms with Gasteiger partial charge in [-0.25, -0.2) is 0 Å². The summed E-state index contributed by atoms with van der Waals surface area (Å²) in [6.45, 7) is 7.98. The maximum absolute atomic E-state index is 13.7. The molecule has 44 heavy (non-hydrogen) atoms. The molecular formula is C32H58O12. The second-order valence-corrected chi connectivity index (χ2v) is 11.3. The van der Waals surface area contributed by atoms with Gasteiger partial charge in [-0.2, -0.15) is 0 Å². The Balaban J connectivity index is 1.99. The summed E-state index contributed by atoms with van der Waals surface area (Å²) >= 11 is 0. The number of hydrogen-bond donors (Lipinski definition) is 0. The smallest absolute Gasteiger partial charge is 0.325 e. The summed E-state index contributed by atoms with van der Waals surface area (Å²) in [4.78, 5) is 27.3. The van der Waals surface area contributed by atoms with Gasteiger partial charge in [0.1, 0.15) is 13.2 Å². The Morgan fingerprint density at radius 1 is 0.523 bits per heavy atom. The van der Waals surface area contributed by atoms with Crippen molar-refractivity contribution in [1.29, 1.82) is 0 Å². The number of rotatable bonds is 15. The summed E-state index contributed by atoms with van der Waals surface area (Å²) in [6, 6.07) is 0. The lowest BCUT2D eigenvalue weighted by Gasteiger charge is -2.30. The first kappa shape index (κ1) is 38.8. The molecule has 12 heteroatoms. The van der Waals surface area contributed by atoms with Gasteiger partial charge in [-0.15, -0.1) is 0 Å². The standard InChI is InChI=1S/C32H58O12/c1-3-4-5-6-7-8-9-10-11-12-13-32(2,30(33)43-28-26-39-20-18-35-14-16-37-22-24-41-28)31(34)44-29-27-40-21-19-36-15-17-38-23-25-42-29/h28-29H,3-27H2,1-2H3. The molecule has 2 unspecified atom stereocenters. The van der Waals surface area contributed by atoms with Gasteiger partial charge in [0, 0.05) is 0 Å². The van der Waals surface area contributed by atoms with Crippen molar-refractivity contribution in [2.24, 2.45) is 5.41 Å². The zero-order valence-corrected chi connectivity index (χ0v) is 27.2. The zero-order valence-electron chi connectivity index (χ0n) is 27.2. The van der Waals surface area contributed by atoms with E-state index in [9.17, 15) is 9.59 Å². The number of carbonyl (C=O) groups is 2. The van der Waals surface area contributed by atoms with Crippen LogP contribution in [-0.2, 0) is 57.0 Å². The van der Waals surface area contributed by atoms with Gasteiger partial charge in [0.25, 0.3) is 0 Å². The van der Waals surface area contributed by atoms with E-state index in [0.717, 1.165) is 19.3 Å². The zero-order chi connectivity index (χ0) is 31.6. The maximum atomic E-state index is 13.7. The van der Waals surface area contributed by atoms with Crippen molar-refractivity contribution >= 4 is 11.9 Å². The third-order valence-corrected chi connectivity index (χ3v) is 7.47. The van der Waals surface area contributed by atoms with Gasteiger partial charge in [0.15, 0.2) is 5.41 Å². The van der Waals surface area contributed by atoms with Crippen LogP contribution < -0.4 is 0 Å². The fourth-order valence-corrected chi connectivity index (χ4v) is 4.70. The number of unbranched alkanes of at least 4 members (excludes halogenated alkanes) is 9. The Kier molecular flexibility index (Phi) is 22.7. The molecule has 258 valence electrons. The van der Waals surface area contributed by atoms with E-state index in [1.54, 1.807) is 6.92 Å². The molecule has 0 aromatic heterocycles. The number of ether oxygens (including phenoxy) is 10. The summed E-state index contributed by atoms with van der Waals surface area (Å²) in [5.41, 5.74) is -1.58. The molecule has 0 aromatic carbocycles. The van der Waals surface area contributed by atoms with Crippen LogP contribution in [0.1, 0.15) is 84.5 Å². The molecule has 0 aromatic rings. The minimum atomic E-state index is -1.58. The Labute approximate surface area is 263 Å². The lowest BCUT2D eigenvalue weighted by atomic mass is 9.84. The van der Waals surface area contributed by atoms with Crippen molar-refractivity contribution in [3.05, 3.63) is 0 Å². The van der Waals surface area contributed by atoms with Crippen LogP contribution in [0.4, 0.5) is 0 Å². The Hall–Kier alpha value is -1.38. The Morgan fingerprint density at radius 2 is 0.864 bits per heavy atom. The van der Waals surface area contributed by atoms with Crippen LogP contribution in [0.25, 0.3) is 0 Å². The fourth-order valence-electron chi connectivity index (χ4n) is 4.70. The number of esters is 2. The van der Waals surface area contributed by atoms with Gasteiger partial charge >= 0.3 is 11.9 Å². The Bertz CT molecular complexity index is 653. The lowest BCUT2D eigenvalue weighted by molar-refractivity contribution is -0.219. The molecule has 0 saturated carbocycles. The quantitative estimate of drug-likeness (QED) is 0.146. The molecule has 0 N–H and O–H groups in total. The fraction of sp³-hybridized carbons (Fsp3) is 0.938. The average molecular weight is 635 g/mol. The van der Waals surface area contributed by atoms with Crippen molar-refractivity contribution in [2.45, 2.75) is 97.1 Å². The van der Waals surface area contributed by atoms with E-state index in [2.05, 4.69) is 6.92 Å². The van der Waals surface area contributed by atoms with Gasteiger partial charge in [0.05, 0.1) is 79.3 Å². The first-order chi connectivity index (χ1) is 21.6. The third kappa shape index (κ3) is 17.9. The third-order valence-electron chi connectivity index (χ3n) is 7.47. The summed E-state index contributed by atoms with van der Waals surface area (Å²) in [7, 11) is 0. The summed E-state index contributed by atoms with van der Waals surface area (Å²) in [5, 5.41) is 0. The minimum Gasteiger partial charge on any atom is -0.432 e. The molecule has 12 nitrogen and oxygen atoms in total.